The number of hydrogen-bond donors (Lipinski definition) is 1. The van der Waals surface area contributed by atoms with Gasteiger partial charge in [0.1, 0.15) is 0 Å². The minimum Gasteiger partial charge on any atom is -0.360 e. The van der Waals surface area contributed by atoms with Gasteiger partial charge in [-0.25, -0.2) is 4.98 Å². The van der Waals surface area contributed by atoms with E-state index in [0.717, 1.165) is 10.0 Å². The van der Waals surface area contributed by atoms with Gasteiger partial charge in [-0.1, -0.05) is 28.1 Å². The van der Waals surface area contributed by atoms with E-state index >= 15 is 0 Å². The standard InChI is InChI=1S/C13H12BrN3O2/c1-9-5-6-15-13(12(9)17(18)19)16-8-10-3-2-4-11(14)7-10/h2-7H,8H2,1H3,(H,15,16). The van der Waals surface area contributed by atoms with Crippen LogP contribution in [-0.2, 0) is 6.54 Å². The Bertz CT molecular complexity index is 617. The molecule has 0 fully saturated rings. The second-order valence-corrected chi connectivity index (χ2v) is 4.98. The maximum atomic E-state index is 11.0. The van der Waals surface area contributed by atoms with Crippen LogP contribution in [0.5, 0.6) is 0 Å². The first-order valence-electron chi connectivity index (χ1n) is 5.66. The Balaban J connectivity index is 2.20. The summed E-state index contributed by atoms with van der Waals surface area (Å²) in [6.45, 7) is 2.18. The number of anilines is 1. The number of hydrogen-bond acceptors (Lipinski definition) is 4. The molecule has 0 unspecified atom stereocenters. The van der Waals surface area contributed by atoms with E-state index in [1.807, 2.05) is 24.3 Å². The van der Waals surface area contributed by atoms with Crippen LogP contribution in [0.4, 0.5) is 11.5 Å². The summed E-state index contributed by atoms with van der Waals surface area (Å²) in [5.74, 6) is 0.296. The zero-order valence-electron chi connectivity index (χ0n) is 10.3. The van der Waals surface area contributed by atoms with Crippen molar-refractivity contribution < 1.29 is 4.92 Å². The molecule has 0 aliphatic heterocycles. The molecule has 6 heteroatoms. The summed E-state index contributed by atoms with van der Waals surface area (Å²) >= 11 is 3.39. The number of pyridine rings is 1. The second-order valence-electron chi connectivity index (χ2n) is 4.07. The van der Waals surface area contributed by atoms with E-state index in [1.165, 1.54) is 0 Å². The summed E-state index contributed by atoms with van der Waals surface area (Å²) in [4.78, 5) is 14.6. The minimum absolute atomic E-state index is 0.0255. The molecule has 0 radical (unpaired) electrons. The van der Waals surface area contributed by atoms with Gasteiger partial charge in [-0.15, -0.1) is 0 Å². The maximum absolute atomic E-state index is 11.0. The van der Waals surface area contributed by atoms with E-state index < -0.39 is 4.92 Å². The van der Waals surface area contributed by atoms with Crippen LogP contribution in [-0.4, -0.2) is 9.91 Å². The summed E-state index contributed by atoms with van der Waals surface area (Å²) < 4.78 is 0.971. The molecule has 2 rings (SSSR count). The first-order chi connectivity index (χ1) is 9.08. The van der Waals surface area contributed by atoms with Crippen molar-refractivity contribution in [2.24, 2.45) is 0 Å². The Morgan fingerprint density at radius 2 is 2.21 bits per heavy atom. The monoisotopic (exact) mass is 321 g/mol. The molecule has 0 saturated heterocycles. The first kappa shape index (κ1) is 13.5. The molecule has 0 bridgehead atoms. The molecule has 0 amide bonds. The molecule has 0 saturated carbocycles. The largest absolute Gasteiger partial charge is 0.360 e. The predicted molar refractivity (Wildman–Crippen MR) is 77.1 cm³/mol. The molecule has 2 aromatic rings. The molecule has 0 spiro atoms. The van der Waals surface area contributed by atoms with Crippen LogP contribution in [0.15, 0.2) is 41.0 Å². The average molecular weight is 322 g/mol. The quantitative estimate of drug-likeness (QED) is 0.689. The highest BCUT2D eigenvalue weighted by molar-refractivity contribution is 9.10. The lowest BCUT2D eigenvalue weighted by atomic mass is 10.2. The molecule has 0 aliphatic carbocycles. The van der Waals surface area contributed by atoms with Crippen molar-refractivity contribution in [3.05, 3.63) is 62.2 Å². The lowest BCUT2D eigenvalue weighted by Gasteiger charge is -2.07. The third-order valence-electron chi connectivity index (χ3n) is 2.66. The van der Waals surface area contributed by atoms with Crippen molar-refractivity contribution in [2.75, 3.05) is 5.32 Å². The summed E-state index contributed by atoms with van der Waals surface area (Å²) in [6.07, 6.45) is 1.56. The second kappa shape index (κ2) is 5.79. The SMILES string of the molecule is Cc1ccnc(NCc2cccc(Br)c2)c1[N+](=O)[O-]. The van der Waals surface area contributed by atoms with Crippen molar-refractivity contribution in [1.82, 2.24) is 4.98 Å². The first-order valence-corrected chi connectivity index (χ1v) is 6.45. The number of nitrogens with zero attached hydrogens (tertiary/aromatic N) is 2. The number of nitro groups is 1. The van der Waals surface area contributed by atoms with Gasteiger partial charge in [0.25, 0.3) is 0 Å². The summed E-state index contributed by atoms with van der Waals surface area (Å²) in [5.41, 5.74) is 1.64. The highest BCUT2D eigenvalue weighted by atomic mass is 79.9. The van der Waals surface area contributed by atoms with Crippen LogP contribution in [0.3, 0.4) is 0 Å². The molecular formula is C13H12BrN3O2. The van der Waals surface area contributed by atoms with Crippen LogP contribution in [0.1, 0.15) is 11.1 Å². The molecule has 1 aromatic heterocycles. The van der Waals surface area contributed by atoms with Crippen LogP contribution in [0, 0.1) is 17.0 Å². The predicted octanol–water partition coefficient (Wildman–Crippen LogP) is 3.67. The van der Waals surface area contributed by atoms with E-state index in [4.69, 9.17) is 0 Å². The van der Waals surface area contributed by atoms with Crippen molar-refractivity contribution in [1.29, 1.82) is 0 Å². The molecule has 5 nitrogen and oxygen atoms in total. The lowest BCUT2D eigenvalue weighted by Crippen LogP contribution is -2.05. The van der Waals surface area contributed by atoms with Crippen LogP contribution >= 0.6 is 15.9 Å². The summed E-state index contributed by atoms with van der Waals surface area (Å²) in [6, 6.07) is 9.37. The van der Waals surface area contributed by atoms with E-state index in [9.17, 15) is 10.1 Å². The van der Waals surface area contributed by atoms with Gasteiger partial charge in [-0.05, 0) is 30.7 Å². The van der Waals surface area contributed by atoms with E-state index in [1.54, 1.807) is 19.2 Å². The Kier molecular flexibility index (Phi) is 4.11. The Labute approximate surface area is 119 Å². The summed E-state index contributed by atoms with van der Waals surface area (Å²) in [5, 5.41) is 14.0. The number of aromatic nitrogens is 1. The normalized spacial score (nSPS) is 10.2. The van der Waals surface area contributed by atoms with E-state index in [-0.39, 0.29) is 5.69 Å². The van der Waals surface area contributed by atoms with Gasteiger partial charge in [0, 0.05) is 22.8 Å². The third kappa shape index (κ3) is 3.29. The highest BCUT2D eigenvalue weighted by Crippen LogP contribution is 2.26. The summed E-state index contributed by atoms with van der Waals surface area (Å²) in [7, 11) is 0. The Morgan fingerprint density at radius 1 is 1.42 bits per heavy atom. The topological polar surface area (TPSA) is 68.1 Å². The molecule has 0 atom stereocenters. The van der Waals surface area contributed by atoms with Gasteiger partial charge in [-0.2, -0.15) is 0 Å². The van der Waals surface area contributed by atoms with E-state index in [0.29, 0.717) is 17.9 Å². The van der Waals surface area contributed by atoms with Crippen molar-refractivity contribution in [2.45, 2.75) is 13.5 Å². The van der Waals surface area contributed by atoms with Crippen LogP contribution < -0.4 is 5.32 Å². The lowest BCUT2D eigenvalue weighted by molar-refractivity contribution is -0.384. The highest BCUT2D eigenvalue weighted by Gasteiger charge is 2.17. The van der Waals surface area contributed by atoms with Crippen LogP contribution in [0.2, 0.25) is 0 Å². The molecule has 1 N–H and O–H groups in total. The zero-order chi connectivity index (χ0) is 13.8. The molecule has 1 heterocycles. The fourth-order valence-electron chi connectivity index (χ4n) is 1.74. The maximum Gasteiger partial charge on any atom is 0.314 e. The van der Waals surface area contributed by atoms with Crippen molar-refractivity contribution >= 4 is 27.4 Å². The number of nitrogens with one attached hydrogen (secondary N) is 1. The molecular weight excluding hydrogens is 310 g/mol. The van der Waals surface area contributed by atoms with Gasteiger partial charge >= 0.3 is 5.69 Å². The van der Waals surface area contributed by atoms with Gasteiger partial charge in [0.2, 0.25) is 5.82 Å². The Hall–Kier alpha value is -1.95. The third-order valence-corrected chi connectivity index (χ3v) is 3.15. The van der Waals surface area contributed by atoms with Crippen molar-refractivity contribution in [3.8, 4) is 0 Å². The fourth-order valence-corrected chi connectivity index (χ4v) is 2.19. The molecule has 19 heavy (non-hydrogen) atoms. The van der Waals surface area contributed by atoms with Gasteiger partial charge in [-0.3, -0.25) is 10.1 Å². The van der Waals surface area contributed by atoms with E-state index in [2.05, 4.69) is 26.2 Å². The minimum atomic E-state index is -0.411. The van der Waals surface area contributed by atoms with Crippen LogP contribution in [0.25, 0.3) is 0 Å². The number of aryl methyl sites for hydroxylation is 1. The smallest absolute Gasteiger partial charge is 0.314 e. The fraction of sp³-hybridized carbons (Fsp3) is 0.154. The number of halogens is 1. The molecule has 98 valence electrons. The van der Waals surface area contributed by atoms with Gasteiger partial charge in [0.15, 0.2) is 0 Å². The number of benzene rings is 1. The van der Waals surface area contributed by atoms with Gasteiger partial charge < -0.3 is 5.32 Å². The molecule has 1 aromatic carbocycles. The van der Waals surface area contributed by atoms with Crippen molar-refractivity contribution in [3.63, 3.8) is 0 Å². The van der Waals surface area contributed by atoms with Gasteiger partial charge in [0.05, 0.1) is 4.92 Å². The average Bonchev–Trinajstić information content (AvgIpc) is 2.36. The Morgan fingerprint density at radius 3 is 2.89 bits per heavy atom. The number of rotatable bonds is 4. The zero-order valence-corrected chi connectivity index (χ0v) is 11.8. The molecule has 0 aliphatic rings.